The van der Waals surface area contributed by atoms with Crippen molar-refractivity contribution in [3.8, 4) is 0 Å². The predicted molar refractivity (Wildman–Crippen MR) is 85.9 cm³/mol. The van der Waals surface area contributed by atoms with Gasteiger partial charge in [0, 0.05) is 23.2 Å². The second-order valence-corrected chi connectivity index (χ2v) is 9.46. The predicted octanol–water partition coefficient (Wildman–Crippen LogP) is 2.44. The average molecular weight is 340 g/mol. The third-order valence-electron chi connectivity index (χ3n) is 5.55. The second-order valence-electron chi connectivity index (χ2n) is 6.75. The van der Waals surface area contributed by atoms with Gasteiger partial charge in [-0.3, -0.25) is 4.79 Å². The van der Waals surface area contributed by atoms with Crippen molar-refractivity contribution in [2.45, 2.75) is 25.7 Å². The number of rotatable bonds is 1. The number of amides is 1. The number of benzene rings is 1. The summed E-state index contributed by atoms with van der Waals surface area (Å²) < 4.78 is 23.2. The Balaban J connectivity index is 1.53. The van der Waals surface area contributed by atoms with E-state index in [1.807, 2.05) is 23.1 Å². The molecule has 1 amide bonds. The van der Waals surface area contributed by atoms with E-state index >= 15 is 0 Å². The molecule has 2 fully saturated rings. The van der Waals surface area contributed by atoms with Gasteiger partial charge in [-0.2, -0.15) is 0 Å². The topological polar surface area (TPSA) is 54.5 Å². The smallest absolute Gasteiger partial charge is 0.230 e. The Morgan fingerprint density at radius 2 is 2.00 bits per heavy atom. The number of hydrogen-bond donors (Lipinski definition) is 0. The van der Waals surface area contributed by atoms with Crippen molar-refractivity contribution < 1.29 is 13.2 Å². The van der Waals surface area contributed by atoms with Gasteiger partial charge < -0.3 is 4.90 Å². The molecule has 6 heteroatoms. The normalized spacial score (nSPS) is 27.7. The van der Waals surface area contributed by atoms with Crippen LogP contribution in [0.15, 0.2) is 18.2 Å². The van der Waals surface area contributed by atoms with Gasteiger partial charge in [-0.1, -0.05) is 17.7 Å². The number of sulfone groups is 1. The highest BCUT2D eigenvalue weighted by atomic mass is 35.5. The number of carbonyl (C=O) groups excluding carboxylic acids is 1. The first kappa shape index (κ1) is 14.5. The van der Waals surface area contributed by atoms with Gasteiger partial charge >= 0.3 is 0 Å². The zero-order chi connectivity index (χ0) is 15.5. The van der Waals surface area contributed by atoms with E-state index < -0.39 is 9.84 Å². The third kappa shape index (κ3) is 2.17. The highest BCUT2D eigenvalue weighted by Gasteiger charge is 2.60. The van der Waals surface area contributed by atoms with Crippen molar-refractivity contribution >= 4 is 33.0 Å². The van der Waals surface area contributed by atoms with Crippen LogP contribution >= 0.6 is 11.6 Å². The second kappa shape index (κ2) is 4.71. The molecule has 1 saturated heterocycles. The summed E-state index contributed by atoms with van der Waals surface area (Å²) in [6, 6.07) is 5.69. The van der Waals surface area contributed by atoms with E-state index in [9.17, 15) is 13.2 Å². The molecular weight excluding hydrogens is 322 g/mol. The van der Waals surface area contributed by atoms with Crippen LogP contribution in [0.3, 0.4) is 0 Å². The third-order valence-corrected chi connectivity index (χ3v) is 7.55. The molecule has 0 aromatic heterocycles. The quantitative estimate of drug-likeness (QED) is 0.789. The molecule has 1 aromatic carbocycles. The first-order chi connectivity index (χ1) is 10.4. The van der Waals surface area contributed by atoms with Gasteiger partial charge in [0.2, 0.25) is 5.91 Å². The molecule has 1 aromatic rings. The summed E-state index contributed by atoms with van der Waals surface area (Å²) in [5, 5.41) is 0.724. The van der Waals surface area contributed by atoms with E-state index in [0.717, 1.165) is 29.1 Å². The van der Waals surface area contributed by atoms with Crippen LogP contribution in [0.4, 0.5) is 5.69 Å². The molecule has 1 saturated carbocycles. The van der Waals surface area contributed by atoms with Crippen molar-refractivity contribution in [1.29, 1.82) is 0 Å². The Kier molecular flexibility index (Phi) is 3.11. The summed E-state index contributed by atoms with van der Waals surface area (Å²) in [6.07, 6.45) is 2.92. The van der Waals surface area contributed by atoms with Gasteiger partial charge in [0.05, 0.1) is 11.5 Å². The number of carbonyl (C=O) groups is 1. The minimum absolute atomic E-state index is 0.00654. The first-order valence-electron chi connectivity index (χ1n) is 7.71. The molecule has 1 spiro atoms. The van der Waals surface area contributed by atoms with Gasteiger partial charge in [-0.25, -0.2) is 8.42 Å². The Bertz CT molecular complexity index is 745. The Hall–Kier alpha value is -1.07. The van der Waals surface area contributed by atoms with Crippen LogP contribution in [0.25, 0.3) is 0 Å². The van der Waals surface area contributed by atoms with E-state index in [4.69, 9.17) is 11.6 Å². The summed E-state index contributed by atoms with van der Waals surface area (Å²) in [7, 11) is -2.88. The van der Waals surface area contributed by atoms with Crippen LogP contribution in [0, 0.1) is 11.3 Å². The summed E-state index contributed by atoms with van der Waals surface area (Å²) in [4.78, 5) is 14.7. The fraction of sp³-hybridized carbons (Fsp3) is 0.562. The van der Waals surface area contributed by atoms with Crippen molar-refractivity contribution in [2.75, 3.05) is 23.0 Å². The Morgan fingerprint density at radius 1 is 1.27 bits per heavy atom. The van der Waals surface area contributed by atoms with E-state index in [2.05, 4.69) is 0 Å². The summed E-state index contributed by atoms with van der Waals surface area (Å²) in [5.74, 6) is 0.617. The summed E-state index contributed by atoms with van der Waals surface area (Å²) >= 11 is 6.20. The van der Waals surface area contributed by atoms with E-state index in [-0.39, 0.29) is 28.7 Å². The summed E-state index contributed by atoms with van der Waals surface area (Å²) in [6.45, 7) is 0.683. The number of fused-ring (bicyclic) bond motifs is 1. The van der Waals surface area contributed by atoms with Crippen LogP contribution in [-0.2, 0) is 21.1 Å². The molecule has 4 rings (SSSR count). The molecule has 0 unspecified atom stereocenters. The molecule has 22 heavy (non-hydrogen) atoms. The van der Waals surface area contributed by atoms with Crippen LogP contribution < -0.4 is 4.90 Å². The number of halogens is 1. The van der Waals surface area contributed by atoms with Crippen LogP contribution in [0.5, 0.6) is 0 Å². The van der Waals surface area contributed by atoms with Gasteiger partial charge in [-0.05, 0) is 48.8 Å². The SMILES string of the molecule is O=C([C@@H]1CC12CCS(=O)(=O)CC2)N1CCc2c(Cl)cccc21. The van der Waals surface area contributed by atoms with Crippen LogP contribution in [0.2, 0.25) is 5.02 Å². The lowest BCUT2D eigenvalue weighted by Crippen LogP contribution is -2.34. The number of hydrogen-bond acceptors (Lipinski definition) is 3. The lowest BCUT2D eigenvalue weighted by Gasteiger charge is -2.24. The van der Waals surface area contributed by atoms with Crippen molar-refractivity contribution in [3.63, 3.8) is 0 Å². The lowest BCUT2D eigenvalue weighted by atomic mass is 9.96. The zero-order valence-corrected chi connectivity index (χ0v) is 13.8. The zero-order valence-electron chi connectivity index (χ0n) is 12.2. The van der Waals surface area contributed by atoms with Gasteiger partial charge in [0.15, 0.2) is 0 Å². The highest BCUT2D eigenvalue weighted by molar-refractivity contribution is 7.91. The van der Waals surface area contributed by atoms with Crippen molar-refractivity contribution in [3.05, 3.63) is 28.8 Å². The molecule has 2 heterocycles. The maximum Gasteiger partial charge on any atom is 0.230 e. The monoisotopic (exact) mass is 339 g/mol. The summed E-state index contributed by atoms with van der Waals surface area (Å²) in [5.41, 5.74) is 1.94. The van der Waals surface area contributed by atoms with Crippen LogP contribution in [0.1, 0.15) is 24.8 Å². The number of nitrogens with zero attached hydrogens (tertiary/aromatic N) is 1. The fourth-order valence-electron chi connectivity index (χ4n) is 4.00. The van der Waals surface area contributed by atoms with Gasteiger partial charge in [0.1, 0.15) is 9.84 Å². The molecule has 1 atom stereocenters. The molecule has 1 aliphatic carbocycles. The number of anilines is 1. The molecule has 118 valence electrons. The molecule has 0 radical (unpaired) electrons. The van der Waals surface area contributed by atoms with Gasteiger partial charge in [0.25, 0.3) is 0 Å². The van der Waals surface area contributed by atoms with E-state index in [1.165, 1.54) is 0 Å². The van der Waals surface area contributed by atoms with Crippen molar-refractivity contribution in [1.82, 2.24) is 0 Å². The first-order valence-corrected chi connectivity index (χ1v) is 9.91. The maximum absolute atomic E-state index is 12.8. The van der Waals surface area contributed by atoms with Crippen molar-refractivity contribution in [2.24, 2.45) is 11.3 Å². The average Bonchev–Trinajstić information content (AvgIpc) is 3.01. The van der Waals surface area contributed by atoms with E-state index in [0.29, 0.717) is 19.4 Å². The minimum Gasteiger partial charge on any atom is -0.312 e. The Morgan fingerprint density at radius 3 is 2.73 bits per heavy atom. The largest absolute Gasteiger partial charge is 0.312 e. The molecule has 2 aliphatic heterocycles. The fourth-order valence-corrected chi connectivity index (χ4v) is 5.91. The van der Waals surface area contributed by atoms with E-state index in [1.54, 1.807) is 0 Å². The molecule has 4 nitrogen and oxygen atoms in total. The Labute approximate surface area is 135 Å². The molecule has 0 bridgehead atoms. The molecule has 3 aliphatic rings. The maximum atomic E-state index is 12.8. The highest BCUT2D eigenvalue weighted by Crippen LogP contribution is 2.60. The molecule has 0 N–H and O–H groups in total. The van der Waals surface area contributed by atoms with Crippen LogP contribution in [-0.4, -0.2) is 32.4 Å². The molecular formula is C16H18ClNO3S. The lowest BCUT2D eigenvalue weighted by molar-refractivity contribution is -0.120. The minimum atomic E-state index is -2.88. The standard InChI is InChI=1S/C16H18ClNO3S/c17-13-2-1-3-14-11(13)4-7-18(14)15(19)12-10-16(12)5-8-22(20,21)9-6-16/h1-3,12H,4-10H2/t12-/m0/s1. The van der Waals surface area contributed by atoms with Gasteiger partial charge in [-0.15, -0.1) is 0 Å².